The van der Waals surface area contributed by atoms with Crippen LogP contribution in [0, 0.1) is 0 Å². The van der Waals surface area contributed by atoms with E-state index in [4.69, 9.17) is 4.98 Å². The largest absolute Gasteiger partial charge is 0.309 e. The highest BCUT2D eigenvalue weighted by Gasteiger charge is 2.36. The Morgan fingerprint density at radius 3 is 1.96 bits per heavy atom. The average Bonchev–Trinajstić information content (AvgIpc) is 3.56. The summed E-state index contributed by atoms with van der Waals surface area (Å²) in [7, 11) is 0. The van der Waals surface area contributed by atoms with Crippen molar-refractivity contribution >= 4 is 21.8 Å². The molecule has 3 heteroatoms. The Morgan fingerprint density at radius 2 is 1.15 bits per heavy atom. The molecule has 0 N–H and O–H groups in total. The van der Waals surface area contributed by atoms with Crippen molar-refractivity contribution < 1.29 is 0 Å². The molecule has 46 heavy (non-hydrogen) atoms. The SMILES string of the molecule is CC1(C)c2ccccc2-c2cc3c4cc(-c5cccc(-c6cccc(-c7ccccn7)c6)n5)ccc4n(-c4ccccc4)c3cc21. The first kappa shape index (κ1) is 26.6. The molecule has 3 nitrogen and oxygen atoms in total. The molecule has 0 aliphatic heterocycles. The molecule has 0 unspecified atom stereocenters. The van der Waals surface area contributed by atoms with Crippen LogP contribution in [0.25, 0.3) is 72.4 Å². The Balaban J connectivity index is 1.23. The lowest BCUT2D eigenvalue weighted by molar-refractivity contribution is 0.661. The van der Waals surface area contributed by atoms with Crippen LogP contribution in [-0.2, 0) is 5.41 Å². The van der Waals surface area contributed by atoms with Crippen molar-refractivity contribution in [2.24, 2.45) is 0 Å². The third-order valence-corrected chi connectivity index (χ3v) is 9.65. The lowest BCUT2D eigenvalue weighted by atomic mass is 9.82. The molecule has 0 atom stereocenters. The third kappa shape index (κ3) is 4.05. The number of para-hydroxylation sites is 1. The zero-order valence-corrected chi connectivity index (χ0v) is 25.8. The van der Waals surface area contributed by atoms with Crippen molar-refractivity contribution in [3.63, 3.8) is 0 Å². The Bertz CT molecular complexity index is 2440. The van der Waals surface area contributed by atoms with Crippen LogP contribution in [0.3, 0.4) is 0 Å². The van der Waals surface area contributed by atoms with Crippen LogP contribution in [0.5, 0.6) is 0 Å². The Morgan fingerprint density at radius 1 is 0.478 bits per heavy atom. The Labute approximate surface area is 268 Å². The van der Waals surface area contributed by atoms with Crippen molar-refractivity contribution in [1.29, 1.82) is 0 Å². The molecule has 9 rings (SSSR count). The van der Waals surface area contributed by atoms with Gasteiger partial charge in [0.25, 0.3) is 0 Å². The molecule has 0 bridgehead atoms. The zero-order valence-electron chi connectivity index (χ0n) is 25.8. The van der Waals surface area contributed by atoms with Crippen LogP contribution >= 0.6 is 0 Å². The first-order chi connectivity index (χ1) is 22.6. The fourth-order valence-corrected chi connectivity index (χ4v) is 7.36. The lowest BCUT2D eigenvalue weighted by Crippen LogP contribution is -2.14. The minimum absolute atomic E-state index is 0.0680. The first-order valence-corrected chi connectivity index (χ1v) is 15.8. The highest BCUT2D eigenvalue weighted by atomic mass is 15.0. The van der Waals surface area contributed by atoms with Gasteiger partial charge in [-0.1, -0.05) is 92.7 Å². The normalized spacial score (nSPS) is 13.2. The van der Waals surface area contributed by atoms with E-state index in [0.717, 1.165) is 39.5 Å². The van der Waals surface area contributed by atoms with Gasteiger partial charge in [0.05, 0.1) is 28.1 Å². The topological polar surface area (TPSA) is 30.7 Å². The number of nitrogens with zero attached hydrogens (tertiary/aromatic N) is 3. The van der Waals surface area contributed by atoms with E-state index in [1.165, 1.54) is 44.1 Å². The molecule has 0 radical (unpaired) electrons. The molecule has 1 aliphatic rings. The highest BCUT2D eigenvalue weighted by Crippen LogP contribution is 2.51. The summed E-state index contributed by atoms with van der Waals surface area (Å²) in [6.07, 6.45) is 1.83. The number of aromatic nitrogens is 3. The summed E-state index contributed by atoms with van der Waals surface area (Å²) >= 11 is 0. The van der Waals surface area contributed by atoms with Crippen molar-refractivity contribution in [1.82, 2.24) is 14.5 Å². The van der Waals surface area contributed by atoms with Crippen LogP contribution < -0.4 is 0 Å². The average molecular weight is 590 g/mol. The number of benzene rings is 5. The van der Waals surface area contributed by atoms with Gasteiger partial charge in [0.2, 0.25) is 0 Å². The summed E-state index contributed by atoms with van der Waals surface area (Å²) < 4.78 is 2.42. The van der Waals surface area contributed by atoms with E-state index >= 15 is 0 Å². The summed E-state index contributed by atoms with van der Waals surface area (Å²) in [5.74, 6) is 0. The molecule has 218 valence electrons. The molecule has 0 spiro atoms. The predicted octanol–water partition coefficient (Wildman–Crippen LogP) is 10.9. The van der Waals surface area contributed by atoms with Gasteiger partial charge in [0.1, 0.15) is 0 Å². The van der Waals surface area contributed by atoms with E-state index < -0.39 is 0 Å². The lowest BCUT2D eigenvalue weighted by Gasteiger charge is -2.21. The smallest absolute Gasteiger partial charge is 0.0709 e. The molecule has 0 saturated heterocycles. The summed E-state index contributed by atoms with van der Waals surface area (Å²) in [4.78, 5) is 9.73. The maximum atomic E-state index is 5.18. The van der Waals surface area contributed by atoms with E-state index in [9.17, 15) is 0 Å². The van der Waals surface area contributed by atoms with Gasteiger partial charge >= 0.3 is 0 Å². The summed E-state index contributed by atoms with van der Waals surface area (Å²) in [5, 5.41) is 2.48. The van der Waals surface area contributed by atoms with Gasteiger partial charge in [-0.2, -0.15) is 0 Å². The van der Waals surface area contributed by atoms with Crippen molar-refractivity contribution in [2.75, 3.05) is 0 Å². The van der Waals surface area contributed by atoms with Gasteiger partial charge in [0.15, 0.2) is 0 Å². The monoisotopic (exact) mass is 589 g/mol. The van der Waals surface area contributed by atoms with Crippen molar-refractivity contribution in [2.45, 2.75) is 19.3 Å². The van der Waals surface area contributed by atoms with Crippen molar-refractivity contribution in [3.8, 4) is 50.6 Å². The van der Waals surface area contributed by atoms with Gasteiger partial charge in [-0.05, 0) is 89.0 Å². The fraction of sp³-hybridized carbons (Fsp3) is 0.0698. The minimum atomic E-state index is -0.0680. The number of hydrogen-bond acceptors (Lipinski definition) is 2. The molecule has 3 aromatic heterocycles. The predicted molar refractivity (Wildman–Crippen MR) is 190 cm³/mol. The molecular formula is C43H31N3. The number of fused-ring (bicyclic) bond motifs is 6. The molecular weight excluding hydrogens is 558 g/mol. The number of hydrogen-bond donors (Lipinski definition) is 0. The number of pyridine rings is 2. The first-order valence-electron chi connectivity index (χ1n) is 15.8. The molecule has 0 fully saturated rings. The van der Waals surface area contributed by atoms with E-state index in [2.05, 4.69) is 151 Å². The molecule has 1 aliphatic carbocycles. The van der Waals surface area contributed by atoms with E-state index in [-0.39, 0.29) is 5.41 Å². The van der Waals surface area contributed by atoms with Gasteiger partial charge < -0.3 is 4.57 Å². The second-order valence-electron chi connectivity index (χ2n) is 12.7. The molecule has 0 amide bonds. The van der Waals surface area contributed by atoms with Crippen molar-refractivity contribution in [3.05, 3.63) is 163 Å². The Hall–Kier alpha value is -5.80. The fourth-order valence-electron chi connectivity index (χ4n) is 7.36. The standard InChI is InChI=1S/C43H31N3/c1-43(2)36-17-7-6-16-32(36)33-26-35-34-25-30(21-22-41(34)46(42(35)27-37(33)43)31-14-4-3-5-15-31)40-20-11-19-39(45-40)29-13-10-12-28(24-29)38-18-8-9-23-44-38/h3-27H,1-2H3. The minimum Gasteiger partial charge on any atom is -0.309 e. The molecule has 8 aromatic rings. The van der Waals surface area contributed by atoms with Gasteiger partial charge in [-0.25, -0.2) is 4.98 Å². The van der Waals surface area contributed by atoms with Gasteiger partial charge in [0, 0.05) is 44.8 Å². The van der Waals surface area contributed by atoms with Gasteiger partial charge in [-0.15, -0.1) is 0 Å². The second kappa shape index (κ2) is 10.1. The summed E-state index contributed by atoms with van der Waals surface area (Å²) in [6.45, 7) is 4.70. The number of rotatable bonds is 4. The highest BCUT2D eigenvalue weighted by molar-refractivity contribution is 6.12. The Kier molecular flexibility index (Phi) is 5.85. The van der Waals surface area contributed by atoms with Crippen LogP contribution in [0.1, 0.15) is 25.0 Å². The van der Waals surface area contributed by atoms with E-state index in [1.54, 1.807) is 0 Å². The molecule has 3 heterocycles. The van der Waals surface area contributed by atoms with Crippen LogP contribution in [0.15, 0.2) is 152 Å². The second-order valence-corrected chi connectivity index (χ2v) is 12.7. The van der Waals surface area contributed by atoms with Crippen LogP contribution in [-0.4, -0.2) is 14.5 Å². The third-order valence-electron chi connectivity index (χ3n) is 9.65. The maximum Gasteiger partial charge on any atom is 0.0709 e. The zero-order chi connectivity index (χ0) is 30.8. The van der Waals surface area contributed by atoms with E-state index in [0.29, 0.717) is 0 Å². The summed E-state index contributed by atoms with van der Waals surface area (Å²) in [5.41, 5.74) is 15.1. The maximum absolute atomic E-state index is 5.18. The molecule has 5 aromatic carbocycles. The van der Waals surface area contributed by atoms with Crippen LogP contribution in [0.2, 0.25) is 0 Å². The van der Waals surface area contributed by atoms with Crippen LogP contribution in [0.4, 0.5) is 0 Å². The van der Waals surface area contributed by atoms with E-state index in [1.807, 2.05) is 24.4 Å². The van der Waals surface area contributed by atoms with Gasteiger partial charge in [-0.3, -0.25) is 4.98 Å². The summed E-state index contributed by atoms with van der Waals surface area (Å²) in [6, 6.07) is 52.0. The molecule has 0 saturated carbocycles. The quantitative estimate of drug-likeness (QED) is 0.204.